The minimum absolute atomic E-state index is 0.661. The van der Waals surface area contributed by atoms with Gasteiger partial charge in [0.1, 0.15) is 0 Å². The molecule has 0 spiro atoms. The van der Waals surface area contributed by atoms with E-state index >= 15 is 0 Å². The maximum atomic E-state index is 6.08. The van der Waals surface area contributed by atoms with Crippen LogP contribution < -0.4 is 5.73 Å². The number of hydrogen-bond donors (Lipinski definition) is 2. The SMILES string of the molecule is Nc1ccc(-c2ccc3nc[nH]c3c2)cc1N=Cc1ccccc1. The van der Waals surface area contributed by atoms with Gasteiger partial charge in [0, 0.05) is 6.21 Å². The summed E-state index contributed by atoms with van der Waals surface area (Å²) in [6.07, 6.45) is 3.53. The lowest BCUT2D eigenvalue weighted by molar-refractivity contribution is 1.34. The molecule has 0 saturated heterocycles. The van der Waals surface area contributed by atoms with E-state index in [4.69, 9.17) is 5.73 Å². The van der Waals surface area contributed by atoms with Crippen LogP contribution in [0.4, 0.5) is 11.4 Å². The first kappa shape index (κ1) is 14.2. The van der Waals surface area contributed by atoms with Gasteiger partial charge in [0.25, 0.3) is 0 Å². The van der Waals surface area contributed by atoms with Gasteiger partial charge >= 0.3 is 0 Å². The van der Waals surface area contributed by atoms with E-state index in [2.05, 4.69) is 27.1 Å². The summed E-state index contributed by atoms with van der Waals surface area (Å²) in [5.41, 5.74) is 12.7. The Labute approximate surface area is 139 Å². The van der Waals surface area contributed by atoms with Gasteiger partial charge in [-0.2, -0.15) is 0 Å². The Kier molecular flexibility index (Phi) is 3.56. The summed E-state index contributed by atoms with van der Waals surface area (Å²) in [4.78, 5) is 11.9. The zero-order valence-electron chi connectivity index (χ0n) is 13.0. The molecular formula is C20H16N4. The number of nitrogens with one attached hydrogen (secondary N) is 1. The van der Waals surface area contributed by atoms with Gasteiger partial charge in [0.2, 0.25) is 0 Å². The van der Waals surface area contributed by atoms with Crippen LogP contribution >= 0.6 is 0 Å². The second-order valence-electron chi connectivity index (χ2n) is 5.58. The number of aromatic amines is 1. The fourth-order valence-corrected chi connectivity index (χ4v) is 2.63. The lowest BCUT2D eigenvalue weighted by Gasteiger charge is -2.06. The van der Waals surface area contributed by atoms with Crippen LogP contribution in [0.5, 0.6) is 0 Å². The Morgan fingerprint density at radius 1 is 0.917 bits per heavy atom. The molecule has 116 valence electrons. The van der Waals surface area contributed by atoms with E-state index < -0.39 is 0 Å². The molecule has 0 unspecified atom stereocenters. The molecule has 3 aromatic carbocycles. The smallest absolute Gasteiger partial charge is 0.0931 e. The highest BCUT2D eigenvalue weighted by Crippen LogP contribution is 2.30. The lowest BCUT2D eigenvalue weighted by Crippen LogP contribution is -1.88. The largest absolute Gasteiger partial charge is 0.397 e. The third-order valence-electron chi connectivity index (χ3n) is 3.94. The number of rotatable bonds is 3. The van der Waals surface area contributed by atoms with Gasteiger partial charge in [-0.15, -0.1) is 0 Å². The quantitative estimate of drug-likeness (QED) is 0.430. The van der Waals surface area contributed by atoms with Crippen molar-refractivity contribution in [2.75, 3.05) is 5.73 Å². The van der Waals surface area contributed by atoms with Crippen LogP contribution in [0, 0.1) is 0 Å². The molecule has 0 aliphatic heterocycles. The average molecular weight is 312 g/mol. The maximum Gasteiger partial charge on any atom is 0.0931 e. The van der Waals surface area contributed by atoms with E-state index in [-0.39, 0.29) is 0 Å². The summed E-state index contributed by atoms with van der Waals surface area (Å²) in [6.45, 7) is 0. The Morgan fingerprint density at radius 2 is 1.71 bits per heavy atom. The van der Waals surface area contributed by atoms with Gasteiger partial charge in [-0.1, -0.05) is 42.5 Å². The first-order chi connectivity index (χ1) is 11.8. The van der Waals surface area contributed by atoms with Crippen molar-refractivity contribution in [2.24, 2.45) is 4.99 Å². The van der Waals surface area contributed by atoms with Gasteiger partial charge in [-0.05, 0) is 41.0 Å². The molecule has 0 atom stereocenters. The minimum Gasteiger partial charge on any atom is -0.397 e. The number of benzene rings is 3. The highest BCUT2D eigenvalue weighted by atomic mass is 14.9. The van der Waals surface area contributed by atoms with Gasteiger partial charge < -0.3 is 10.7 Å². The van der Waals surface area contributed by atoms with E-state index in [1.54, 1.807) is 6.33 Å². The van der Waals surface area contributed by atoms with E-state index in [1.165, 1.54) is 0 Å². The number of fused-ring (bicyclic) bond motifs is 1. The number of nitrogens with two attached hydrogens (primary N) is 1. The molecule has 24 heavy (non-hydrogen) atoms. The van der Waals surface area contributed by atoms with E-state index in [0.29, 0.717) is 5.69 Å². The predicted octanol–water partition coefficient (Wildman–Crippen LogP) is 4.56. The fourth-order valence-electron chi connectivity index (χ4n) is 2.63. The van der Waals surface area contributed by atoms with Crippen LogP contribution in [-0.2, 0) is 0 Å². The Morgan fingerprint density at radius 3 is 2.58 bits per heavy atom. The Balaban J connectivity index is 1.71. The molecule has 4 aromatic rings. The molecule has 0 fully saturated rings. The fraction of sp³-hybridized carbons (Fsp3) is 0. The molecule has 0 bridgehead atoms. The van der Waals surface area contributed by atoms with Crippen LogP contribution in [0.2, 0.25) is 0 Å². The molecule has 3 N–H and O–H groups in total. The van der Waals surface area contributed by atoms with Gasteiger partial charge in [0.05, 0.1) is 28.7 Å². The summed E-state index contributed by atoms with van der Waals surface area (Å²) in [7, 11) is 0. The first-order valence-corrected chi connectivity index (χ1v) is 7.72. The van der Waals surface area contributed by atoms with Crippen molar-refractivity contribution in [3.63, 3.8) is 0 Å². The topological polar surface area (TPSA) is 67.1 Å². The molecule has 0 radical (unpaired) electrons. The minimum atomic E-state index is 0.661. The standard InChI is InChI=1S/C20H16N4/c21-17-8-6-15(16-7-9-18-20(11-16)24-13-23-18)10-19(17)22-12-14-4-2-1-3-5-14/h1-13H,21H2,(H,23,24). The van der Waals surface area contributed by atoms with Crippen molar-refractivity contribution < 1.29 is 0 Å². The monoisotopic (exact) mass is 312 g/mol. The van der Waals surface area contributed by atoms with Crippen LogP contribution in [-0.4, -0.2) is 16.2 Å². The number of H-pyrrole nitrogens is 1. The zero-order valence-corrected chi connectivity index (χ0v) is 13.0. The molecule has 0 amide bonds. The second-order valence-corrected chi connectivity index (χ2v) is 5.58. The molecule has 0 aliphatic rings. The van der Waals surface area contributed by atoms with Gasteiger partial charge in [0.15, 0.2) is 0 Å². The molecule has 0 saturated carbocycles. The number of imidazole rings is 1. The molecule has 1 heterocycles. The van der Waals surface area contributed by atoms with Crippen LogP contribution in [0.15, 0.2) is 78.0 Å². The third kappa shape index (κ3) is 2.77. The average Bonchev–Trinajstić information content (AvgIpc) is 3.09. The zero-order chi connectivity index (χ0) is 16.4. The van der Waals surface area contributed by atoms with Crippen molar-refractivity contribution in [3.8, 4) is 11.1 Å². The van der Waals surface area contributed by atoms with Crippen LogP contribution in [0.25, 0.3) is 22.2 Å². The van der Waals surface area contributed by atoms with Crippen molar-refractivity contribution in [1.29, 1.82) is 0 Å². The highest BCUT2D eigenvalue weighted by molar-refractivity contribution is 5.86. The van der Waals surface area contributed by atoms with E-state index in [1.807, 2.05) is 60.8 Å². The summed E-state index contributed by atoms with van der Waals surface area (Å²) in [6, 6.07) is 22.0. The molecule has 4 nitrogen and oxygen atoms in total. The number of aromatic nitrogens is 2. The summed E-state index contributed by atoms with van der Waals surface area (Å²) < 4.78 is 0. The molecule has 1 aromatic heterocycles. The van der Waals surface area contributed by atoms with Crippen LogP contribution in [0.1, 0.15) is 5.56 Å². The third-order valence-corrected chi connectivity index (χ3v) is 3.94. The molecule has 4 heteroatoms. The van der Waals surface area contributed by atoms with Gasteiger partial charge in [-0.3, -0.25) is 4.99 Å². The number of hydrogen-bond acceptors (Lipinski definition) is 3. The number of aliphatic imine (C=N–C) groups is 1. The molecule has 4 rings (SSSR count). The molecular weight excluding hydrogens is 296 g/mol. The van der Waals surface area contributed by atoms with E-state index in [9.17, 15) is 0 Å². The van der Waals surface area contributed by atoms with Crippen molar-refractivity contribution >= 4 is 28.6 Å². The summed E-state index contributed by atoms with van der Waals surface area (Å²) >= 11 is 0. The number of nitrogen functional groups attached to an aromatic ring is 1. The highest BCUT2D eigenvalue weighted by Gasteiger charge is 2.04. The summed E-state index contributed by atoms with van der Waals surface area (Å²) in [5.74, 6) is 0. The lowest BCUT2D eigenvalue weighted by atomic mass is 10.0. The van der Waals surface area contributed by atoms with Crippen molar-refractivity contribution in [2.45, 2.75) is 0 Å². The van der Waals surface area contributed by atoms with Crippen LogP contribution in [0.3, 0.4) is 0 Å². The second kappa shape index (κ2) is 6.01. The van der Waals surface area contributed by atoms with Gasteiger partial charge in [-0.25, -0.2) is 4.98 Å². The predicted molar refractivity (Wildman–Crippen MR) is 99.6 cm³/mol. The van der Waals surface area contributed by atoms with E-state index in [0.717, 1.165) is 33.4 Å². The number of anilines is 1. The Bertz CT molecular complexity index is 1020. The van der Waals surface area contributed by atoms with Crippen molar-refractivity contribution in [3.05, 3.63) is 78.6 Å². The van der Waals surface area contributed by atoms with Crippen molar-refractivity contribution in [1.82, 2.24) is 9.97 Å². The Hall–Kier alpha value is -3.40. The normalized spacial score (nSPS) is 11.3. The number of nitrogens with zero attached hydrogens (tertiary/aromatic N) is 2. The maximum absolute atomic E-state index is 6.08. The summed E-state index contributed by atoms with van der Waals surface area (Å²) in [5, 5.41) is 0. The molecule has 0 aliphatic carbocycles. The first-order valence-electron chi connectivity index (χ1n) is 7.72.